The highest BCUT2D eigenvalue weighted by atomic mass is 32.1. The van der Waals surface area contributed by atoms with Crippen molar-refractivity contribution in [1.82, 2.24) is 15.3 Å². The highest BCUT2D eigenvalue weighted by molar-refractivity contribution is 7.13. The van der Waals surface area contributed by atoms with Crippen LogP contribution < -0.4 is 10.2 Å². The summed E-state index contributed by atoms with van der Waals surface area (Å²) in [6.45, 7) is 6.31. The van der Waals surface area contributed by atoms with Crippen molar-refractivity contribution >= 4 is 16.5 Å². The predicted molar refractivity (Wildman–Crippen MR) is 90.0 cm³/mol. The van der Waals surface area contributed by atoms with E-state index in [4.69, 9.17) is 4.98 Å². The van der Waals surface area contributed by atoms with Gasteiger partial charge in [-0.25, -0.2) is 4.98 Å². The Kier molecular flexibility index (Phi) is 6.14. The van der Waals surface area contributed by atoms with Crippen LogP contribution in [0.15, 0.2) is 29.8 Å². The summed E-state index contributed by atoms with van der Waals surface area (Å²) in [7, 11) is 2.09. The number of hydrogen-bond donors (Lipinski definition) is 1. The van der Waals surface area contributed by atoms with Gasteiger partial charge in [0.25, 0.3) is 0 Å². The molecule has 0 saturated heterocycles. The zero-order valence-corrected chi connectivity index (χ0v) is 13.9. The van der Waals surface area contributed by atoms with Crippen molar-refractivity contribution in [2.24, 2.45) is 0 Å². The molecule has 21 heavy (non-hydrogen) atoms. The Morgan fingerprint density at radius 1 is 1.38 bits per heavy atom. The Labute approximate surface area is 131 Å². The van der Waals surface area contributed by atoms with Gasteiger partial charge in [0.2, 0.25) is 0 Å². The Bertz CT molecular complexity index is 526. The summed E-state index contributed by atoms with van der Waals surface area (Å²) in [5.41, 5.74) is 2.26. The third kappa shape index (κ3) is 4.79. The molecule has 1 N–H and O–H groups in total. The zero-order valence-electron chi connectivity index (χ0n) is 13.0. The summed E-state index contributed by atoms with van der Waals surface area (Å²) in [4.78, 5) is 11.3. The second-order valence-electron chi connectivity index (χ2n) is 5.22. The summed E-state index contributed by atoms with van der Waals surface area (Å²) in [5, 5.41) is 6.70. The molecule has 2 rings (SSSR count). The molecule has 0 fully saturated rings. The van der Waals surface area contributed by atoms with Crippen LogP contribution in [-0.4, -0.2) is 30.1 Å². The first-order valence-corrected chi connectivity index (χ1v) is 8.38. The van der Waals surface area contributed by atoms with Gasteiger partial charge in [-0.05, 0) is 32.0 Å². The van der Waals surface area contributed by atoms with Crippen LogP contribution in [0.3, 0.4) is 0 Å². The average molecular weight is 304 g/mol. The lowest BCUT2D eigenvalue weighted by atomic mass is 10.2. The lowest BCUT2D eigenvalue weighted by Gasteiger charge is -2.15. The number of likely N-dealkylation sites (N-methyl/N-ethyl adjacent to an activating group) is 1. The monoisotopic (exact) mass is 304 g/mol. The van der Waals surface area contributed by atoms with E-state index in [1.54, 1.807) is 11.3 Å². The first-order valence-electron chi connectivity index (χ1n) is 7.50. The van der Waals surface area contributed by atoms with E-state index in [1.165, 1.54) is 0 Å². The molecule has 0 aliphatic rings. The molecule has 0 amide bonds. The van der Waals surface area contributed by atoms with Crippen molar-refractivity contribution in [2.75, 3.05) is 25.0 Å². The van der Waals surface area contributed by atoms with Gasteiger partial charge < -0.3 is 10.2 Å². The van der Waals surface area contributed by atoms with E-state index in [-0.39, 0.29) is 0 Å². The molecule has 0 aromatic carbocycles. The molecule has 2 aromatic rings. The average Bonchev–Trinajstić information content (AvgIpc) is 3.01. The number of anilines is 1. The molecular weight excluding hydrogens is 280 g/mol. The molecule has 0 bridgehead atoms. The number of thiazole rings is 1. The van der Waals surface area contributed by atoms with Crippen molar-refractivity contribution in [3.05, 3.63) is 41.2 Å². The number of nitrogens with one attached hydrogen (secondary N) is 1. The van der Waals surface area contributed by atoms with Gasteiger partial charge in [-0.15, -0.1) is 11.3 Å². The second kappa shape index (κ2) is 8.10. The molecule has 0 spiro atoms. The van der Waals surface area contributed by atoms with Gasteiger partial charge in [-0.1, -0.05) is 13.0 Å². The maximum atomic E-state index is 4.74. The Balaban J connectivity index is 1.88. The van der Waals surface area contributed by atoms with Gasteiger partial charge in [0.1, 0.15) is 0 Å². The van der Waals surface area contributed by atoms with E-state index in [0.717, 1.165) is 42.5 Å². The maximum absolute atomic E-state index is 4.74. The minimum Gasteiger partial charge on any atom is -0.351 e. The first kappa shape index (κ1) is 15.9. The van der Waals surface area contributed by atoms with E-state index >= 15 is 0 Å². The van der Waals surface area contributed by atoms with Crippen LogP contribution in [0.2, 0.25) is 0 Å². The minimum absolute atomic E-state index is 0.319. The molecule has 1 unspecified atom stereocenters. The summed E-state index contributed by atoms with van der Waals surface area (Å²) in [6.07, 6.45) is 3.93. The highest BCUT2D eigenvalue weighted by Crippen LogP contribution is 2.23. The Hall–Kier alpha value is -1.46. The largest absolute Gasteiger partial charge is 0.351 e. The number of nitrogens with zero attached hydrogens (tertiary/aromatic N) is 3. The van der Waals surface area contributed by atoms with Gasteiger partial charge in [0.05, 0.1) is 5.69 Å². The van der Waals surface area contributed by atoms with Crippen LogP contribution in [-0.2, 0) is 6.42 Å². The maximum Gasteiger partial charge on any atom is 0.185 e. The lowest BCUT2D eigenvalue weighted by Crippen LogP contribution is -2.22. The van der Waals surface area contributed by atoms with Crippen molar-refractivity contribution in [2.45, 2.75) is 32.7 Å². The van der Waals surface area contributed by atoms with E-state index in [2.05, 4.69) is 47.5 Å². The third-order valence-electron chi connectivity index (χ3n) is 3.41. The van der Waals surface area contributed by atoms with Gasteiger partial charge >= 0.3 is 0 Å². The minimum atomic E-state index is 0.319. The first-order chi connectivity index (χ1) is 10.2. The van der Waals surface area contributed by atoms with Gasteiger partial charge in [-0.2, -0.15) is 0 Å². The predicted octanol–water partition coefficient (Wildman–Crippen LogP) is 3.28. The van der Waals surface area contributed by atoms with Crippen molar-refractivity contribution in [3.8, 4) is 0 Å². The van der Waals surface area contributed by atoms with Crippen molar-refractivity contribution in [3.63, 3.8) is 0 Å². The summed E-state index contributed by atoms with van der Waals surface area (Å²) in [6, 6.07) is 6.37. The molecular formula is C16H24N4S. The molecule has 0 aliphatic carbocycles. The van der Waals surface area contributed by atoms with Crippen LogP contribution in [0.4, 0.5) is 5.13 Å². The number of aromatic nitrogens is 2. The molecule has 1 atom stereocenters. The molecule has 0 saturated carbocycles. The van der Waals surface area contributed by atoms with Crippen LogP contribution >= 0.6 is 11.3 Å². The molecule has 5 heteroatoms. The van der Waals surface area contributed by atoms with E-state index in [9.17, 15) is 0 Å². The van der Waals surface area contributed by atoms with Crippen LogP contribution in [0.5, 0.6) is 0 Å². The van der Waals surface area contributed by atoms with Gasteiger partial charge in [0, 0.05) is 43.3 Å². The van der Waals surface area contributed by atoms with Crippen LogP contribution in [0.1, 0.15) is 37.7 Å². The van der Waals surface area contributed by atoms with E-state index in [0.29, 0.717) is 6.04 Å². The topological polar surface area (TPSA) is 41.0 Å². The number of pyridine rings is 1. The fourth-order valence-corrected chi connectivity index (χ4v) is 2.95. The highest BCUT2D eigenvalue weighted by Gasteiger charge is 2.11. The Morgan fingerprint density at radius 3 is 2.95 bits per heavy atom. The SMILES string of the molecule is CCCNC(C)c1csc(N(C)CCc2ccccn2)n1. The molecule has 4 nitrogen and oxygen atoms in total. The lowest BCUT2D eigenvalue weighted by molar-refractivity contribution is 0.561. The summed E-state index contributed by atoms with van der Waals surface area (Å²) < 4.78 is 0. The normalized spacial score (nSPS) is 12.3. The molecule has 2 heterocycles. The fraction of sp³-hybridized carbons (Fsp3) is 0.500. The van der Waals surface area contributed by atoms with E-state index in [1.807, 2.05) is 18.3 Å². The number of rotatable bonds is 8. The Morgan fingerprint density at radius 2 is 2.24 bits per heavy atom. The third-order valence-corrected chi connectivity index (χ3v) is 4.38. The van der Waals surface area contributed by atoms with Crippen molar-refractivity contribution < 1.29 is 0 Å². The standard InChI is InChI=1S/C16H24N4S/c1-4-9-17-13(2)15-12-21-16(19-15)20(3)11-8-14-7-5-6-10-18-14/h5-7,10,12-13,17H,4,8-9,11H2,1-3H3. The zero-order chi connectivity index (χ0) is 15.1. The van der Waals surface area contributed by atoms with Crippen molar-refractivity contribution in [1.29, 1.82) is 0 Å². The van der Waals surface area contributed by atoms with Gasteiger partial charge in [0.15, 0.2) is 5.13 Å². The molecule has 0 aliphatic heterocycles. The van der Waals surface area contributed by atoms with Crippen LogP contribution in [0, 0.1) is 0 Å². The molecule has 2 aromatic heterocycles. The number of hydrogen-bond acceptors (Lipinski definition) is 5. The molecule has 0 radical (unpaired) electrons. The van der Waals surface area contributed by atoms with Gasteiger partial charge in [-0.3, -0.25) is 4.98 Å². The quantitative estimate of drug-likeness (QED) is 0.812. The van der Waals surface area contributed by atoms with Crippen LogP contribution in [0.25, 0.3) is 0 Å². The van der Waals surface area contributed by atoms with E-state index < -0.39 is 0 Å². The summed E-state index contributed by atoms with van der Waals surface area (Å²) in [5.74, 6) is 0. The second-order valence-corrected chi connectivity index (χ2v) is 6.06. The summed E-state index contributed by atoms with van der Waals surface area (Å²) >= 11 is 1.71. The molecule has 114 valence electrons. The fourth-order valence-electron chi connectivity index (χ4n) is 2.04. The smallest absolute Gasteiger partial charge is 0.185 e.